The zero-order chi connectivity index (χ0) is 17.9. The number of nitrogens with one attached hydrogen (secondary N) is 1. The van der Waals surface area contributed by atoms with Gasteiger partial charge in [0.2, 0.25) is 5.91 Å². The van der Waals surface area contributed by atoms with Crippen LogP contribution in [0.4, 0.5) is 11.5 Å². The third-order valence-electron chi connectivity index (χ3n) is 3.01. The van der Waals surface area contributed by atoms with Gasteiger partial charge in [-0.1, -0.05) is 16.8 Å². The van der Waals surface area contributed by atoms with Crippen LogP contribution in [0.3, 0.4) is 0 Å². The summed E-state index contributed by atoms with van der Waals surface area (Å²) in [5.74, 6) is -0.490. The lowest BCUT2D eigenvalue weighted by atomic mass is 10.1. The van der Waals surface area contributed by atoms with Gasteiger partial charge in [-0.25, -0.2) is 0 Å². The molecule has 0 aliphatic carbocycles. The first-order valence-corrected chi connectivity index (χ1v) is 7.08. The molecule has 0 aliphatic heterocycles. The van der Waals surface area contributed by atoms with Crippen molar-refractivity contribution in [3.05, 3.63) is 50.7 Å². The first-order chi connectivity index (χ1) is 11.3. The molecule has 24 heavy (non-hydrogen) atoms. The minimum atomic E-state index is -0.698. The number of likely N-dealkylation sites (N-methyl/N-ethyl adjacent to an activating group) is 1. The van der Waals surface area contributed by atoms with E-state index in [0.29, 0.717) is 5.76 Å². The Hall–Kier alpha value is -2.94. The molecule has 126 valence electrons. The van der Waals surface area contributed by atoms with Crippen molar-refractivity contribution in [1.82, 2.24) is 10.1 Å². The zero-order valence-electron chi connectivity index (χ0n) is 12.8. The molecule has 0 aliphatic rings. The van der Waals surface area contributed by atoms with Crippen LogP contribution in [-0.4, -0.2) is 40.4 Å². The second kappa shape index (κ2) is 7.09. The van der Waals surface area contributed by atoms with Crippen molar-refractivity contribution >= 4 is 34.9 Å². The molecular weight excluding hydrogens is 340 g/mol. The van der Waals surface area contributed by atoms with E-state index in [-0.39, 0.29) is 28.6 Å². The van der Waals surface area contributed by atoms with Crippen LogP contribution in [-0.2, 0) is 4.79 Å². The van der Waals surface area contributed by atoms with Crippen LogP contribution in [0.2, 0.25) is 5.02 Å². The smallest absolute Gasteiger partial charge is 0.282 e. The van der Waals surface area contributed by atoms with E-state index in [0.717, 1.165) is 11.0 Å². The van der Waals surface area contributed by atoms with Gasteiger partial charge in [-0.3, -0.25) is 19.7 Å². The molecule has 0 fully saturated rings. The van der Waals surface area contributed by atoms with E-state index in [1.807, 2.05) is 0 Å². The molecule has 10 heteroatoms. The molecule has 0 saturated heterocycles. The molecule has 2 aromatic rings. The first-order valence-electron chi connectivity index (χ1n) is 6.70. The zero-order valence-corrected chi connectivity index (χ0v) is 13.5. The van der Waals surface area contributed by atoms with Gasteiger partial charge in [0.05, 0.1) is 11.5 Å². The molecule has 1 N–H and O–H groups in total. The highest BCUT2D eigenvalue weighted by atomic mass is 35.5. The van der Waals surface area contributed by atoms with E-state index >= 15 is 0 Å². The highest BCUT2D eigenvalue weighted by Gasteiger charge is 2.24. The van der Waals surface area contributed by atoms with Crippen molar-refractivity contribution in [2.45, 2.75) is 6.92 Å². The molecule has 1 aromatic carbocycles. The quantitative estimate of drug-likeness (QED) is 0.651. The highest BCUT2D eigenvalue weighted by Crippen LogP contribution is 2.23. The van der Waals surface area contributed by atoms with Crippen LogP contribution in [0.5, 0.6) is 0 Å². The molecule has 9 nitrogen and oxygen atoms in total. The molecule has 1 aromatic heterocycles. The van der Waals surface area contributed by atoms with Gasteiger partial charge in [0.25, 0.3) is 11.6 Å². The molecule has 0 saturated carbocycles. The summed E-state index contributed by atoms with van der Waals surface area (Å²) in [7, 11) is 1.35. The lowest BCUT2D eigenvalue weighted by Crippen LogP contribution is -2.35. The monoisotopic (exact) mass is 352 g/mol. The predicted octanol–water partition coefficient (Wildman–Crippen LogP) is 2.26. The Kier molecular flexibility index (Phi) is 5.14. The molecule has 2 amide bonds. The maximum absolute atomic E-state index is 12.4. The highest BCUT2D eigenvalue weighted by molar-refractivity contribution is 6.31. The fourth-order valence-corrected chi connectivity index (χ4v) is 2.11. The molecular formula is C14H13ClN4O5. The van der Waals surface area contributed by atoms with Crippen molar-refractivity contribution in [1.29, 1.82) is 0 Å². The number of nitro groups is 1. The van der Waals surface area contributed by atoms with Gasteiger partial charge >= 0.3 is 0 Å². The number of nitro benzene ring substituents is 1. The fraction of sp³-hybridized carbons (Fsp3) is 0.214. The van der Waals surface area contributed by atoms with Crippen molar-refractivity contribution in [3.63, 3.8) is 0 Å². The number of halogens is 1. The maximum Gasteiger partial charge on any atom is 0.282 e. The Bertz CT molecular complexity index is 804. The lowest BCUT2D eigenvalue weighted by molar-refractivity contribution is -0.385. The number of hydrogen-bond donors (Lipinski definition) is 1. The van der Waals surface area contributed by atoms with Crippen molar-refractivity contribution in [3.8, 4) is 0 Å². The van der Waals surface area contributed by atoms with E-state index in [1.165, 1.54) is 25.2 Å². The number of aromatic nitrogens is 1. The molecule has 0 atom stereocenters. The van der Waals surface area contributed by atoms with Crippen molar-refractivity contribution in [2.24, 2.45) is 0 Å². The second-order valence-corrected chi connectivity index (χ2v) is 5.39. The van der Waals surface area contributed by atoms with Crippen molar-refractivity contribution < 1.29 is 19.0 Å². The largest absolute Gasteiger partial charge is 0.360 e. The van der Waals surface area contributed by atoms with Gasteiger partial charge < -0.3 is 14.7 Å². The third kappa shape index (κ3) is 4.07. The van der Waals surface area contributed by atoms with Crippen LogP contribution in [0, 0.1) is 17.0 Å². The van der Waals surface area contributed by atoms with E-state index in [2.05, 4.69) is 10.5 Å². The molecule has 0 spiro atoms. The summed E-state index contributed by atoms with van der Waals surface area (Å²) in [6, 6.07) is 5.16. The van der Waals surface area contributed by atoms with Crippen LogP contribution in [0.25, 0.3) is 0 Å². The number of hydrogen-bond acceptors (Lipinski definition) is 6. The minimum Gasteiger partial charge on any atom is -0.360 e. The SMILES string of the molecule is Cc1cc(NC(=O)CN(C)C(=O)c2cc(Cl)ccc2[N+](=O)[O-])no1. The van der Waals surface area contributed by atoms with Gasteiger partial charge in [0, 0.05) is 24.2 Å². The number of carbonyl (C=O) groups is 2. The molecule has 0 unspecified atom stereocenters. The van der Waals surface area contributed by atoms with E-state index in [4.69, 9.17) is 16.1 Å². The summed E-state index contributed by atoms with van der Waals surface area (Å²) in [6.45, 7) is 1.34. The average molecular weight is 353 g/mol. The number of benzene rings is 1. The Morgan fingerprint density at radius 3 is 2.71 bits per heavy atom. The molecule has 0 bridgehead atoms. The normalized spacial score (nSPS) is 10.3. The predicted molar refractivity (Wildman–Crippen MR) is 84.9 cm³/mol. The first kappa shape index (κ1) is 17.4. The van der Waals surface area contributed by atoms with Gasteiger partial charge in [0.15, 0.2) is 5.82 Å². The van der Waals surface area contributed by atoms with Crippen LogP contribution < -0.4 is 5.32 Å². The minimum absolute atomic E-state index is 0.180. The number of amides is 2. The summed E-state index contributed by atoms with van der Waals surface area (Å²) in [4.78, 5) is 35.6. The van der Waals surface area contributed by atoms with Crippen LogP contribution in [0.15, 0.2) is 28.8 Å². The third-order valence-corrected chi connectivity index (χ3v) is 3.24. The molecule has 1 heterocycles. The van der Waals surface area contributed by atoms with Gasteiger partial charge in [-0.15, -0.1) is 0 Å². The standard InChI is InChI=1S/C14H13ClN4O5/c1-8-5-12(17-24-8)16-13(20)7-18(2)14(21)10-6-9(15)3-4-11(10)19(22)23/h3-6H,7H2,1-2H3,(H,16,17,20). The average Bonchev–Trinajstić information content (AvgIpc) is 2.90. The Labute approximate surface area is 141 Å². The maximum atomic E-state index is 12.4. The number of aryl methyl sites for hydroxylation is 1. The summed E-state index contributed by atoms with van der Waals surface area (Å²) >= 11 is 5.79. The summed E-state index contributed by atoms with van der Waals surface area (Å²) < 4.78 is 4.81. The Morgan fingerprint density at radius 1 is 1.42 bits per heavy atom. The van der Waals surface area contributed by atoms with Crippen LogP contribution in [0.1, 0.15) is 16.1 Å². The topological polar surface area (TPSA) is 119 Å². The number of nitrogens with zero attached hydrogens (tertiary/aromatic N) is 3. The Balaban J connectivity index is 2.10. The van der Waals surface area contributed by atoms with E-state index in [9.17, 15) is 19.7 Å². The van der Waals surface area contributed by atoms with E-state index in [1.54, 1.807) is 6.92 Å². The van der Waals surface area contributed by atoms with E-state index < -0.39 is 16.7 Å². The fourth-order valence-electron chi connectivity index (χ4n) is 1.94. The number of anilines is 1. The lowest BCUT2D eigenvalue weighted by Gasteiger charge is -2.16. The van der Waals surface area contributed by atoms with Crippen LogP contribution >= 0.6 is 11.6 Å². The van der Waals surface area contributed by atoms with Gasteiger partial charge in [-0.05, 0) is 19.1 Å². The molecule has 0 radical (unpaired) electrons. The summed E-state index contributed by atoms with van der Waals surface area (Å²) in [6.07, 6.45) is 0. The van der Waals surface area contributed by atoms with Gasteiger partial charge in [0.1, 0.15) is 11.3 Å². The summed E-state index contributed by atoms with van der Waals surface area (Å²) in [5, 5.41) is 17.2. The van der Waals surface area contributed by atoms with Crippen molar-refractivity contribution in [2.75, 3.05) is 18.9 Å². The second-order valence-electron chi connectivity index (χ2n) is 4.95. The number of carbonyl (C=O) groups excluding carboxylic acids is 2. The summed E-state index contributed by atoms with van der Waals surface area (Å²) in [5.41, 5.74) is -0.580. The number of rotatable bonds is 5. The molecule has 2 rings (SSSR count). The van der Waals surface area contributed by atoms with Gasteiger partial charge in [-0.2, -0.15) is 0 Å². The Morgan fingerprint density at radius 2 is 2.12 bits per heavy atom.